The molecule has 0 saturated heterocycles. The van der Waals surface area contributed by atoms with Crippen LogP contribution in [0.15, 0.2) is 36.8 Å². The van der Waals surface area contributed by atoms with Crippen LogP contribution < -0.4 is 0 Å². The van der Waals surface area contributed by atoms with E-state index in [2.05, 4.69) is 9.97 Å². The third-order valence-corrected chi connectivity index (χ3v) is 1.97. The van der Waals surface area contributed by atoms with E-state index in [4.69, 9.17) is 0 Å². The quantitative estimate of drug-likeness (QED) is 0.553. The number of hydrogen-bond acceptors (Lipinski definition) is 3. The van der Waals surface area contributed by atoms with E-state index in [1.54, 1.807) is 18.3 Å². The first-order valence-electron chi connectivity index (χ1n) is 4.32. The van der Waals surface area contributed by atoms with Crippen molar-refractivity contribution in [3.63, 3.8) is 0 Å². The molecule has 2 rings (SSSR count). The molecule has 0 amide bonds. The topological polar surface area (TPSA) is 42.9 Å². The van der Waals surface area contributed by atoms with Gasteiger partial charge in [0.05, 0.1) is 0 Å². The first-order valence-corrected chi connectivity index (χ1v) is 4.32. The second-order valence-electron chi connectivity index (χ2n) is 2.97. The Morgan fingerprint density at radius 1 is 1.33 bits per heavy atom. The van der Waals surface area contributed by atoms with Crippen molar-refractivity contribution in [2.45, 2.75) is 0 Å². The summed E-state index contributed by atoms with van der Waals surface area (Å²) in [6, 6.07) is 4.86. The lowest BCUT2D eigenvalue weighted by molar-refractivity contribution is 0.112. The summed E-state index contributed by atoms with van der Waals surface area (Å²) >= 11 is 0. The minimum absolute atomic E-state index is 0.285. The smallest absolute Gasteiger partial charge is 0.220 e. The molecule has 3 nitrogen and oxygen atoms in total. The summed E-state index contributed by atoms with van der Waals surface area (Å²) < 4.78 is 13.3. The number of hydrogen-bond donors (Lipinski definition) is 0. The second kappa shape index (κ2) is 3.96. The van der Waals surface area contributed by atoms with Gasteiger partial charge in [-0.3, -0.25) is 9.78 Å². The van der Waals surface area contributed by atoms with Gasteiger partial charge >= 0.3 is 0 Å². The third kappa shape index (κ3) is 1.88. The molecule has 2 heterocycles. The lowest BCUT2D eigenvalue weighted by Crippen LogP contribution is -1.92. The van der Waals surface area contributed by atoms with E-state index >= 15 is 0 Å². The molecule has 0 aromatic carbocycles. The summed E-state index contributed by atoms with van der Waals surface area (Å²) in [5, 5.41) is 0. The van der Waals surface area contributed by atoms with Crippen LogP contribution in [0.4, 0.5) is 4.39 Å². The number of rotatable bonds is 2. The van der Waals surface area contributed by atoms with Gasteiger partial charge in [0.15, 0.2) is 6.29 Å². The Balaban J connectivity index is 2.57. The fourth-order valence-corrected chi connectivity index (χ4v) is 1.25. The van der Waals surface area contributed by atoms with Crippen LogP contribution in [-0.2, 0) is 0 Å². The fourth-order valence-electron chi connectivity index (χ4n) is 1.25. The first kappa shape index (κ1) is 9.45. The molecule has 0 fully saturated rings. The summed E-state index contributed by atoms with van der Waals surface area (Å²) in [6.07, 6.45) is 4.95. The van der Waals surface area contributed by atoms with E-state index in [1.165, 1.54) is 18.5 Å². The van der Waals surface area contributed by atoms with Crippen molar-refractivity contribution in [2.75, 3.05) is 0 Å². The van der Waals surface area contributed by atoms with Crippen LogP contribution in [0, 0.1) is 5.95 Å². The molecule has 0 N–H and O–H groups in total. The number of aldehydes is 1. The van der Waals surface area contributed by atoms with Crippen molar-refractivity contribution in [3.05, 3.63) is 48.3 Å². The van der Waals surface area contributed by atoms with Crippen molar-refractivity contribution in [2.24, 2.45) is 0 Å². The first-order chi connectivity index (χ1) is 7.31. The maximum Gasteiger partial charge on any atom is 0.220 e. The van der Waals surface area contributed by atoms with Crippen molar-refractivity contribution in [1.29, 1.82) is 0 Å². The van der Waals surface area contributed by atoms with E-state index in [9.17, 15) is 9.18 Å². The Morgan fingerprint density at radius 3 is 2.87 bits per heavy atom. The Kier molecular flexibility index (Phi) is 2.49. The van der Waals surface area contributed by atoms with E-state index in [0.717, 1.165) is 0 Å². The zero-order chi connectivity index (χ0) is 10.7. The van der Waals surface area contributed by atoms with E-state index in [1.807, 2.05) is 0 Å². The van der Waals surface area contributed by atoms with E-state index in [-0.39, 0.29) is 5.56 Å². The molecule has 0 aliphatic heterocycles. The van der Waals surface area contributed by atoms with Gasteiger partial charge in [0, 0.05) is 35.3 Å². The highest BCUT2D eigenvalue weighted by atomic mass is 19.1. The molecule has 74 valence electrons. The van der Waals surface area contributed by atoms with Crippen LogP contribution in [0.3, 0.4) is 0 Å². The average molecular weight is 202 g/mol. The molecule has 0 saturated carbocycles. The molecule has 0 atom stereocenters. The van der Waals surface area contributed by atoms with Crippen LogP contribution in [-0.4, -0.2) is 16.3 Å². The molecule has 2 aromatic heterocycles. The zero-order valence-electron chi connectivity index (χ0n) is 7.72. The molecule has 0 aliphatic carbocycles. The number of carbonyl (C=O) groups is 1. The predicted octanol–water partition coefficient (Wildman–Crippen LogP) is 2.10. The largest absolute Gasteiger partial charge is 0.298 e. The number of nitrogens with zero attached hydrogens (tertiary/aromatic N) is 2. The number of aromatic nitrogens is 2. The maximum atomic E-state index is 13.3. The Morgan fingerprint density at radius 2 is 2.20 bits per heavy atom. The van der Waals surface area contributed by atoms with Gasteiger partial charge in [-0.2, -0.15) is 4.39 Å². The van der Waals surface area contributed by atoms with Gasteiger partial charge in [-0.15, -0.1) is 0 Å². The predicted molar refractivity (Wildman–Crippen MR) is 52.8 cm³/mol. The molecule has 15 heavy (non-hydrogen) atoms. The lowest BCUT2D eigenvalue weighted by Gasteiger charge is -2.02. The number of carbonyl (C=O) groups excluding carboxylic acids is 1. The lowest BCUT2D eigenvalue weighted by atomic mass is 10.1. The molecule has 0 unspecified atom stereocenters. The minimum atomic E-state index is -0.603. The SMILES string of the molecule is O=Cc1cnc(F)c(-c2cccnc2)c1. The zero-order valence-corrected chi connectivity index (χ0v) is 7.72. The second-order valence-corrected chi connectivity index (χ2v) is 2.97. The standard InChI is InChI=1S/C11H7FN2O/c12-11-10(4-8(7-15)5-14-11)9-2-1-3-13-6-9/h1-7H. The van der Waals surface area contributed by atoms with Crippen molar-refractivity contribution >= 4 is 6.29 Å². The highest BCUT2D eigenvalue weighted by molar-refractivity contribution is 5.77. The molecule has 0 spiro atoms. The summed E-state index contributed by atoms with van der Waals surface area (Å²) in [5.41, 5.74) is 1.23. The highest BCUT2D eigenvalue weighted by Gasteiger charge is 2.07. The molecular weight excluding hydrogens is 195 g/mol. The Bertz CT molecular complexity index is 485. The van der Waals surface area contributed by atoms with Gasteiger partial charge in [-0.1, -0.05) is 6.07 Å². The van der Waals surface area contributed by atoms with E-state index < -0.39 is 5.95 Å². The van der Waals surface area contributed by atoms with Crippen LogP contribution in [0.25, 0.3) is 11.1 Å². The maximum absolute atomic E-state index is 13.3. The van der Waals surface area contributed by atoms with Gasteiger partial charge in [-0.05, 0) is 12.1 Å². The monoisotopic (exact) mass is 202 g/mol. The van der Waals surface area contributed by atoms with Gasteiger partial charge < -0.3 is 0 Å². The fraction of sp³-hybridized carbons (Fsp3) is 0. The Labute approximate surface area is 85.6 Å². The minimum Gasteiger partial charge on any atom is -0.298 e. The summed E-state index contributed by atoms with van der Waals surface area (Å²) in [5.74, 6) is -0.603. The summed E-state index contributed by atoms with van der Waals surface area (Å²) in [4.78, 5) is 17.9. The van der Waals surface area contributed by atoms with Crippen molar-refractivity contribution in [3.8, 4) is 11.1 Å². The number of pyridine rings is 2. The van der Waals surface area contributed by atoms with Crippen LogP contribution >= 0.6 is 0 Å². The van der Waals surface area contributed by atoms with Gasteiger partial charge in [0.25, 0.3) is 0 Å². The van der Waals surface area contributed by atoms with Crippen LogP contribution in [0.5, 0.6) is 0 Å². The molecule has 2 aromatic rings. The molecular formula is C11H7FN2O. The average Bonchev–Trinajstić information content (AvgIpc) is 2.31. The van der Waals surface area contributed by atoms with Gasteiger partial charge in [-0.25, -0.2) is 4.98 Å². The Hall–Kier alpha value is -2.10. The number of halogens is 1. The molecule has 0 aliphatic rings. The molecule has 0 radical (unpaired) electrons. The van der Waals surface area contributed by atoms with Crippen molar-refractivity contribution < 1.29 is 9.18 Å². The van der Waals surface area contributed by atoms with Gasteiger partial charge in [0.1, 0.15) is 0 Å². The van der Waals surface area contributed by atoms with Crippen LogP contribution in [0.2, 0.25) is 0 Å². The molecule has 0 bridgehead atoms. The highest BCUT2D eigenvalue weighted by Crippen LogP contribution is 2.20. The third-order valence-electron chi connectivity index (χ3n) is 1.97. The normalized spacial score (nSPS) is 9.93. The van der Waals surface area contributed by atoms with Gasteiger partial charge in [0.2, 0.25) is 5.95 Å². The summed E-state index contributed by atoms with van der Waals surface area (Å²) in [6.45, 7) is 0. The molecule has 4 heteroatoms. The van der Waals surface area contributed by atoms with E-state index in [0.29, 0.717) is 17.4 Å². The van der Waals surface area contributed by atoms with Crippen LogP contribution in [0.1, 0.15) is 10.4 Å². The summed E-state index contributed by atoms with van der Waals surface area (Å²) in [7, 11) is 0. The van der Waals surface area contributed by atoms with Crippen molar-refractivity contribution in [1.82, 2.24) is 9.97 Å².